The van der Waals surface area contributed by atoms with Crippen molar-refractivity contribution in [1.82, 2.24) is 19.5 Å². The number of aromatic carboxylic acids is 1. The van der Waals surface area contributed by atoms with Crippen molar-refractivity contribution in [2.75, 3.05) is 0 Å². The monoisotopic (exact) mass is 316 g/mol. The molecule has 1 unspecified atom stereocenters. The standard InChI is InChI=1S/C10H12N4O4S2/c1-6(9-12-11-5-14(9)2)13-20(17,18)8-3-7(4-19-8)10(15)16/h3-6,13H,1-2H3,(H,15,16). The summed E-state index contributed by atoms with van der Waals surface area (Å²) in [6.07, 6.45) is 1.47. The van der Waals surface area contributed by atoms with Gasteiger partial charge < -0.3 is 9.67 Å². The number of hydrogen-bond acceptors (Lipinski definition) is 6. The molecule has 2 heterocycles. The summed E-state index contributed by atoms with van der Waals surface area (Å²) in [7, 11) is -2.09. The van der Waals surface area contributed by atoms with Gasteiger partial charge in [-0.3, -0.25) is 0 Å². The van der Waals surface area contributed by atoms with Crippen molar-refractivity contribution in [1.29, 1.82) is 0 Å². The van der Waals surface area contributed by atoms with Crippen LogP contribution in [0.25, 0.3) is 0 Å². The fourth-order valence-corrected chi connectivity index (χ4v) is 3.97. The minimum absolute atomic E-state index is 0.0519. The molecule has 0 aromatic carbocycles. The highest BCUT2D eigenvalue weighted by molar-refractivity contribution is 7.91. The number of aryl methyl sites for hydroxylation is 1. The normalized spacial score (nSPS) is 13.3. The molecule has 8 nitrogen and oxygen atoms in total. The van der Waals surface area contributed by atoms with Gasteiger partial charge in [0.1, 0.15) is 16.4 Å². The molecular weight excluding hydrogens is 304 g/mol. The molecule has 0 spiro atoms. The summed E-state index contributed by atoms with van der Waals surface area (Å²) in [4.78, 5) is 10.8. The van der Waals surface area contributed by atoms with Gasteiger partial charge in [0.25, 0.3) is 10.0 Å². The van der Waals surface area contributed by atoms with Crippen LogP contribution in [-0.4, -0.2) is 34.3 Å². The molecule has 0 amide bonds. The quantitative estimate of drug-likeness (QED) is 0.835. The second-order valence-electron chi connectivity index (χ2n) is 4.10. The highest BCUT2D eigenvalue weighted by atomic mass is 32.2. The van der Waals surface area contributed by atoms with Gasteiger partial charge in [0.05, 0.1) is 11.6 Å². The molecule has 2 rings (SSSR count). The molecule has 2 N–H and O–H groups in total. The van der Waals surface area contributed by atoms with Gasteiger partial charge in [-0.25, -0.2) is 17.9 Å². The van der Waals surface area contributed by atoms with Gasteiger partial charge in [-0.05, 0) is 13.0 Å². The number of carboxylic acid groups (broad SMARTS) is 1. The van der Waals surface area contributed by atoms with E-state index in [0.29, 0.717) is 5.82 Å². The van der Waals surface area contributed by atoms with Gasteiger partial charge in [-0.2, -0.15) is 0 Å². The van der Waals surface area contributed by atoms with Crippen molar-refractivity contribution in [3.8, 4) is 0 Å². The van der Waals surface area contributed by atoms with Crippen LogP contribution in [0.15, 0.2) is 22.0 Å². The van der Waals surface area contributed by atoms with Crippen LogP contribution in [0.4, 0.5) is 0 Å². The molecule has 0 fully saturated rings. The van der Waals surface area contributed by atoms with Crippen LogP contribution in [0.1, 0.15) is 29.1 Å². The van der Waals surface area contributed by atoms with Crippen molar-refractivity contribution in [3.05, 3.63) is 29.2 Å². The fraction of sp³-hybridized carbons (Fsp3) is 0.300. The Morgan fingerprint density at radius 1 is 1.55 bits per heavy atom. The third kappa shape index (κ3) is 2.86. The van der Waals surface area contributed by atoms with Gasteiger partial charge in [0, 0.05) is 12.4 Å². The van der Waals surface area contributed by atoms with Crippen molar-refractivity contribution in [3.63, 3.8) is 0 Å². The number of carboxylic acids is 1. The molecule has 10 heteroatoms. The van der Waals surface area contributed by atoms with Crippen molar-refractivity contribution >= 4 is 27.3 Å². The lowest BCUT2D eigenvalue weighted by Crippen LogP contribution is -2.28. The van der Waals surface area contributed by atoms with Crippen LogP contribution in [0.5, 0.6) is 0 Å². The Labute approximate surface area is 119 Å². The minimum Gasteiger partial charge on any atom is -0.478 e. The number of hydrogen-bond donors (Lipinski definition) is 2. The van der Waals surface area contributed by atoms with Crippen LogP contribution in [0.3, 0.4) is 0 Å². The number of sulfonamides is 1. The topological polar surface area (TPSA) is 114 Å². The number of carbonyl (C=O) groups is 1. The van der Waals surface area contributed by atoms with Gasteiger partial charge in [-0.15, -0.1) is 21.5 Å². The molecule has 0 saturated heterocycles. The largest absolute Gasteiger partial charge is 0.478 e. The van der Waals surface area contributed by atoms with E-state index in [-0.39, 0.29) is 9.77 Å². The second-order valence-corrected chi connectivity index (χ2v) is 6.95. The molecule has 0 aliphatic rings. The van der Waals surface area contributed by atoms with E-state index in [9.17, 15) is 13.2 Å². The zero-order valence-corrected chi connectivity index (χ0v) is 12.3. The molecule has 0 aliphatic carbocycles. The minimum atomic E-state index is -3.79. The highest BCUT2D eigenvalue weighted by Gasteiger charge is 2.23. The summed E-state index contributed by atoms with van der Waals surface area (Å²) in [5, 5.41) is 17.6. The average molecular weight is 316 g/mol. The summed E-state index contributed by atoms with van der Waals surface area (Å²) in [6.45, 7) is 1.63. The predicted molar refractivity (Wildman–Crippen MR) is 71.0 cm³/mol. The first-order valence-electron chi connectivity index (χ1n) is 5.49. The first-order valence-corrected chi connectivity index (χ1v) is 7.85. The Bertz CT molecular complexity index is 734. The number of nitrogens with one attached hydrogen (secondary N) is 1. The SMILES string of the molecule is CC(NS(=O)(=O)c1cc(C(=O)O)cs1)c1nncn1C. The van der Waals surface area contributed by atoms with Crippen LogP contribution in [0.2, 0.25) is 0 Å². The van der Waals surface area contributed by atoms with Gasteiger partial charge >= 0.3 is 5.97 Å². The van der Waals surface area contributed by atoms with E-state index in [1.54, 1.807) is 18.5 Å². The van der Waals surface area contributed by atoms with Crippen molar-refractivity contribution in [2.45, 2.75) is 17.2 Å². The number of aromatic nitrogens is 3. The van der Waals surface area contributed by atoms with E-state index in [1.807, 2.05) is 0 Å². The number of rotatable bonds is 5. The Morgan fingerprint density at radius 3 is 2.75 bits per heavy atom. The maximum Gasteiger partial charge on any atom is 0.336 e. The van der Waals surface area contributed by atoms with Crippen LogP contribution in [0, 0.1) is 0 Å². The molecule has 0 bridgehead atoms. The summed E-state index contributed by atoms with van der Waals surface area (Å²) in [5.74, 6) is -0.701. The fourth-order valence-electron chi connectivity index (χ4n) is 1.60. The average Bonchev–Trinajstić information content (AvgIpc) is 2.96. The Morgan fingerprint density at radius 2 is 2.25 bits per heavy atom. The summed E-state index contributed by atoms with van der Waals surface area (Å²) in [6, 6.07) is 0.543. The van der Waals surface area contributed by atoms with E-state index in [2.05, 4.69) is 14.9 Å². The van der Waals surface area contributed by atoms with Crippen molar-refractivity contribution in [2.24, 2.45) is 7.05 Å². The molecule has 0 saturated carbocycles. The Hall–Kier alpha value is -1.78. The molecule has 2 aromatic rings. The zero-order chi connectivity index (χ0) is 14.9. The Kier molecular flexibility index (Phi) is 3.88. The molecule has 0 aliphatic heterocycles. The maximum atomic E-state index is 12.1. The molecule has 108 valence electrons. The third-order valence-electron chi connectivity index (χ3n) is 2.55. The third-order valence-corrected chi connectivity index (χ3v) is 5.53. The molecule has 1 atom stereocenters. The van der Waals surface area contributed by atoms with Gasteiger partial charge in [0.15, 0.2) is 0 Å². The Balaban J connectivity index is 2.22. The van der Waals surface area contributed by atoms with E-state index < -0.39 is 22.0 Å². The summed E-state index contributed by atoms with van der Waals surface area (Å²) in [5.41, 5.74) is -0.0540. The molecule has 2 aromatic heterocycles. The molecule has 20 heavy (non-hydrogen) atoms. The highest BCUT2D eigenvalue weighted by Crippen LogP contribution is 2.22. The summed E-state index contributed by atoms with van der Waals surface area (Å²) >= 11 is 0.854. The van der Waals surface area contributed by atoms with E-state index >= 15 is 0 Å². The van der Waals surface area contributed by atoms with Gasteiger partial charge in [-0.1, -0.05) is 0 Å². The summed E-state index contributed by atoms with van der Waals surface area (Å²) < 4.78 is 28.3. The lowest BCUT2D eigenvalue weighted by atomic mass is 10.3. The number of nitrogens with zero attached hydrogens (tertiary/aromatic N) is 3. The van der Waals surface area contributed by atoms with Crippen molar-refractivity contribution < 1.29 is 18.3 Å². The zero-order valence-electron chi connectivity index (χ0n) is 10.6. The lowest BCUT2D eigenvalue weighted by Gasteiger charge is -2.12. The molecular formula is C10H12N4O4S2. The van der Waals surface area contributed by atoms with E-state index in [0.717, 1.165) is 17.4 Å². The first-order chi connectivity index (χ1) is 9.31. The second kappa shape index (κ2) is 5.31. The predicted octanol–water partition coefficient (Wildman–Crippen LogP) is 0.614. The van der Waals surface area contributed by atoms with Crippen LogP contribution < -0.4 is 4.72 Å². The van der Waals surface area contributed by atoms with E-state index in [1.165, 1.54) is 11.7 Å². The number of thiophene rings is 1. The van der Waals surface area contributed by atoms with E-state index in [4.69, 9.17) is 5.11 Å². The smallest absolute Gasteiger partial charge is 0.336 e. The lowest BCUT2D eigenvalue weighted by molar-refractivity contribution is 0.0697. The van der Waals surface area contributed by atoms with Crippen LogP contribution in [-0.2, 0) is 17.1 Å². The molecule has 0 radical (unpaired) electrons. The van der Waals surface area contributed by atoms with Crippen LogP contribution >= 0.6 is 11.3 Å². The van der Waals surface area contributed by atoms with Gasteiger partial charge in [0.2, 0.25) is 0 Å². The first kappa shape index (κ1) is 14.6. The maximum absolute atomic E-state index is 12.1.